The average Bonchev–Trinajstić information content (AvgIpc) is 2.59. The quantitative estimate of drug-likeness (QED) is 0.911. The molecule has 2 aliphatic rings. The number of fused-ring (bicyclic) bond motifs is 2. The molecule has 108 valence electrons. The van der Waals surface area contributed by atoms with E-state index in [-0.39, 0.29) is 10.5 Å². The van der Waals surface area contributed by atoms with Crippen LogP contribution in [0.4, 0.5) is 0 Å². The second-order valence-corrected chi connectivity index (χ2v) is 8.72. The van der Waals surface area contributed by atoms with E-state index in [1.165, 1.54) is 0 Å². The molecule has 2 aliphatic heterocycles. The Morgan fingerprint density at radius 2 is 1.70 bits per heavy atom. The summed E-state index contributed by atoms with van der Waals surface area (Å²) in [6.45, 7) is 5.84. The Morgan fingerprint density at radius 1 is 1.20 bits per heavy atom. The largest absolute Gasteiger partial charge is 0.385 e. The maximum Gasteiger partial charge on any atom is 0.156 e. The first kappa shape index (κ1) is 13.8. The Morgan fingerprint density at radius 3 is 2.15 bits per heavy atom. The van der Waals surface area contributed by atoms with Crippen molar-refractivity contribution in [2.45, 2.75) is 48.7 Å². The number of benzene rings is 1. The lowest BCUT2D eigenvalue weighted by atomic mass is 9.85. The Kier molecular flexibility index (Phi) is 3.07. The number of allylic oxidation sites excluding steroid dienone is 1. The highest BCUT2D eigenvalue weighted by Crippen LogP contribution is 2.47. The van der Waals surface area contributed by atoms with Crippen LogP contribution in [0.25, 0.3) is 5.57 Å². The first-order chi connectivity index (χ1) is 9.33. The minimum Gasteiger partial charge on any atom is -0.385 e. The van der Waals surface area contributed by atoms with Gasteiger partial charge in [0.25, 0.3) is 0 Å². The van der Waals surface area contributed by atoms with Gasteiger partial charge in [0.1, 0.15) is 0 Å². The topological polar surface area (TPSA) is 54.4 Å². The summed E-state index contributed by atoms with van der Waals surface area (Å²) >= 11 is 0. The molecule has 0 aliphatic carbocycles. The second-order valence-electron chi connectivity index (χ2n) is 6.21. The highest BCUT2D eigenvalue weighted by Gasteiger charge is 2.53. The van der Waals surface area contributed by atoms with Crippen LogP contribution in [-0.2, 0) is 15.4 Å². The zero-order chi connectivity index (χ0) is 14.5. The van der Waals surface area contributed by atoms with Crippen molar-refractivity contribution in [3.8, 4) is 0 Å². The molecule has 2 fully saturated rings. The van der Waals surface area contributed by atoms with Crippen molar-refractivity contribution in [1.29, 1.82) is 0 Å². The lowest BCUT2D eigenvalue weighted by molar-refractivity contribution is 0.0173. The molecule has 3 nitrogen and oxygen atoms in total. The van der Waals surface area contributed by atoms with E-state index >= 15 is 0 Å². The van der Waals surface area contributed by atoms with Crippen LogP contribution >= 0.6 is 0 Å². The van der Waals surface area contributed by atoms with E-state index in [9.17, 15) is 13.5 Å². The Labute approximate surface area is 120 Å². The van der Waals surface area contributed by atoms with Crippen LogP contribution in [0.15, 0.2) is 30.8 Å². The monoisotopic (exact) mass is 292 g/mol. The van der Waals surface area contributed by atoms with Gasteiger partial charge in [0, 0.05) is 0 Å². The predicted molar refractivity (Wildman–Crippen MR) is 80.0 cm³/mol. The van der Waals surface area contributed by atoms with Crippen LogP contribution in [0.1, 0.15) is 43.7 Å². The maximum absolute atomic E-state index is 12.1. The molecule has 1 aromatic carbocycles. The summed E-state index contributed by atoms with van der Waals surface area (Å²) in [5.41, 5.74) is 1.86. The van der Waals surface area contributed by atoms with Crippen LogP contribution < -0.4 is 0 Å². The fourth-order valence-corrected chi connectivity index (χ4v) is 6.04. The highest BCUT2D eigenvalue weighted by molar-refractivity contribution is 7.93. The zero-order valence-electron chi connectivity index (χ0n) is 11.7. The summed E-state index contributed by atoms with van der Waals surface area (Å²) in [4.78, 5) is 0. The number of rotatable bonds is 2. The van der Waals surface area contributed by atoms with Crippen molar-refractivity contribution in [3.05, 3.63) is 42.0 Å². The van der Waals surface area contributed by atoms with Crippen molar-refractivity contribution in [3.63, 3.8) is 0 Å². The molecule has 0 aromatic heterocycles. The van der Waals surface area contributed by atoms with E-state index in [1.54, 1.807) is 0 Å². The Balaban J connectivity index is 1.93. The SMILES string of the molecule is C=C(C)c1ccc(C2(O)CC3CCC(C2)S3(=O)=O)cc1. The minimum atomic E-state index is -3.00. The van der Waals surface area contributed by atoms with Gasteiger partial charge in [-0.05, 0) is 43.7 Å². The fraction of sp³-hybridized carbons (Fsp3) is 0.500. The van der Waals surface area contributed by atoms with Crippen molar-refractivity contribution in [2.75, 3.05) is 0 Å². The van der Waals surface area contributed by atoms with Gasteiger partial charge in [-0.15, -0.1) is 0 Å². The molecule has 1 aromatic rings. The molecule has 0 saturated carbocycles. The van der Waals surface area contributed by atoms with E-state index in [1.807, 2.05) is 31.2 Å². The first-order valence-corrected chi connectivity index (χ1v) is 8.65. The molecule has 2 atom stereocenters. The molecular weight excluding hydrogens is 272 g/mol. The second kappa shape index (κ2) is 4.43. The summed E-state index contributed by atoms with van der Waals surface area (Å²) in [5, 5.41) is 10.2. The van der Waals surface area contributed by atoms with E-state index in [2.05, 4.69) is 6.58 Å². The van der Waals surface area contributed by atoms with Crippen molar-refractivity contribution < 1.29 is 13.5 Å². The molecule has 3 rings (SSSR count). The summed E-state index contributed by atoms with van der Waals surface area (Å²) in [7, 11) is -3.00. The summed E-state index contributed by atoms with van der Waals surface area (Å²) < 4.78 is 24.2. The van der Waals surface area contributed by atoms with Crippen LogP contribution in [0, 0.1) is 0 Å². The van der Waals surface area contributed by atoms with Crippen LogP contribution in [0.3, 0.4) is 0 Å². The maximum atomic E-state index is 12.1. The number of sulfone groups is 1. The minimum absolute atomic E-state index is 0.332. The number of aliphatic hydroxyl groups is 1. The lowest BCUT2D eigenvalue weighted by Gasteiger charge is -2.36. The van der Waals surface area contributed by atoms with Gasteiger partial charge in [0.15, 0.2) is 9.84 Å². The molecule has 2 unspecified atom stereocenters. The molecular formula is C16H20O3S. The molecule has 1 N–H and O–H groups in total. The van der Waals surface area contributed by atoms with Gasteiger partial charge in [0.2, 0.25) is 0 Å². The molecule has 0 spiro atoms. The van der Waals surface area contributed by atoms with Crippen molar-refractivity contribution in [1.82, 2.24) is 0 Å². The predicted octanol–water partition coefficient (Wildman–Crippen LogP) is 2.65. The van der Waals surface area contributed by atoms with Gasteiger partial charge in [-0.1, -0.05) is 36.4 Å². The van der Waals surface area contributed by atoms with Gasteiger partial charge in [0.05, 0.1) is 16.1 Å². The first-order valence-electron chi connectivity index (χ1n) is 7.04. The van der Waals surface area contributed by atoms with E-state index in [0.29, 0.717) is 25.7 Å². The van der Waals surface area contributed by atoms with Crippen molar-refractivity contribution >= 4 is 15.4 Å². The van der Waals surface area contributed by atoms with Gasteiger partial charge in [-0.3, -0.25) is 0 Å². The third-order valence-electron chi connectivity index (χ3n) is 4.79. The van der Waals surface area contributed by atoms with Gasteiger partial charge >= 0.3 is 0 Å². The average molecular weight is 292 g/mol. The van der Waals surface area contributed by atoms with Gasteiger partial charge in [-0.25, -0.2) is 8.42 Å². The number of hydrogen-bond donors (Lipinski definition) is 1. The normalized spacial score (nSPS) is 34.9. The third kappa shape index (κ3) is 2.02. The van der Waals surface area contributed by atoms with Crippen LogP contribution in [0.2, 0.25) is 0 Å². The van der Waals surface area contributed by atoms with Crippen LogP contribution in [-0.4, -0.2) is 24.0 Å². The molecule has 0 radical (unpaired) electrons. The molecule has 2 saturated heterocycles. The lowest BCUT2D eigenvalue weighted by Crippen LogP contribution is -2.43. The highest BCUT2D eigenvalue weighted by atomic mass is 32.2. The molecule has 2 bridgehead atoms. The smallest absolute Gasteiger partial charge is 0.156 e. The molecule has 0 amide bonds. The third-order valence-corrected chi connectivity index (χ3v) is 7.45. The molecule has 20 heavy (non-hydrogen) atoms. The van der Waals surface area contributed by atoms with Gasteiger partial charge in [-0.2, -0.15) is 0 Å². The summed E-state index contributed by atoms with van der Waals surface area (Å²) in [5.74, 6) is 0. The standard InChI is InChI=1S/C16H20O3S/c1-11(2)12-3-5-13(6-4-12)16(17)9-14-7-8-15(10-16)20(14,18)19/h3-6,14-15,17H,1,7-10H2,2H3. The van der Waals surface area contributed by atoms with E-state index in [4.69, 9.17) is 0 Å². The Bertz CT molecular complexity index is 623. The zero-order valence-corrected chi connectivity index (χ0v) is 12.5. The summed E-state index contributed by atoms with van der Waals surface area (Å²) in [6.07, 6.45) is 2.05. The summed E-state index contributed by atoms with van der Waals surface area (Å²) in [6, 6.07) is 7.70. The Hall–Kier alpha value is -1.13. The van der Waals surface area contributed by atoms with Crippen molar-refractivity contribution in [2.24, 2.45) is 0 Å². The van der Waals surface area contributed by atoms with E-state index in [0.717, 1.165) is 16.7 Å². The van der Waals surface area contributed by atoms with Crippen LogP contribution in [0.5, 0.6) is 0 Å². The molecule has 4 heteroatoms. The fourth-order valence-electron chi connectivity index (χ4n) is 3.55. The van der Waals surface area contributed by atoms with Gasteiger partial charge < -0.3 is 5.11 Å². The number of hydrogen-bond acceptors (Lipinski definition) is 3. The molecule has 2 heterocycles. The van der Waals surface area contributed by atoms with E-state index < -0.39 is 15.4 Å².